The summed E-state index contributed by atoms with van der Waals surface area (Å²) in [5.74, 6) is -3.11. The summed E-state index contributed by atoms with van der Waals surface area (Å²) in [5, 5.41) is 9.79. The molecule has 1 aliphatic carbocycles. The predicted molar refractivity (Wildman–Crippen MR) is 101 cm³/mol. The molecule has 0 amide bonds. The summed E-state index contributed by atoms with van der Waals surface area (Å²) < 4.78 is 53.8. The van der Waals surface area contributed by atoms with Gasteiger partial charge in [0.2, 0.25) is 5.95 Å². The minimum Gasteiger partial charge on any atom is -0.389 e. The molecule has 3 heterocycles. The van der Waals surface area contributed by atoms with Crippen LogP contribution in [0.1, 0.15) is 36.2 Å². The first kappa shape index (κ1) is 18.8. The van der Waals surface area contributed by atoms with Gasteiger partial charge in [0.15, 0.2) is 9.84 Å². The van der Waals surface area contributed by atoms with Crippen molar-refractivity contribution in [2.45, 2.75) is 48.8 Å². The monoisotopic (exact) mass is 422 g/mol. The van der Waals surface area contributed by atoms with Crippen molar-refractivity contribution in [2.75, 3.05) is 17.2 Å². The Hall–Kier alpha value is -2.17. The molecule has 1 aromatic carbocycles. The second-order valence-corrected chi connectivity index (χ2v) is 10.0. The molecule has 3 N–H and O–H groups in total. The van der Waals surface area contributed by atoms with E-state index in [4.69, 9.17) is 5.73 Å². The lowest BCUT2D eigenvalue weighted by Crippen LogP contribution is -2.59. The van der Waals surface area contributed by atoms with Crippen molar-refractivity contribution in [1.29, 1.82) is 0 Å². The maximum atomic E-state index is 14.5. The zero-order valence-electron chi connectivity index (χ0n) is 15.6. The third kappa shape index (κ3) is 2.69. The number of aliphatic hydroxyl groups is 1. The largest absolute Gasteiger partial charge is 0.389 e. The van der Waals surface area contributed by atoms with Gasteiger partial charge in [-0.25, -0.2) is 18.4 Å². The number of nitrogens with two attached hydrogens (primary N) is 1. The maximum absolute atomic E-state index is 14.5. The Morgan fingerprint density at radius 1 is 1.31 bits per heavy atom. The van der Waals surface area contributed by atoms with Crippen LogP contribution in [0, 0.1) is 0 Å². The van der Waals surface area contributed by atoms with Crippen LogP contribution in [0.4, 0.5) is 14.7 Å². The molecular formula is C19H20F2N4O3S. The number of hydrogen-bond donors (Lipinski definition) is 2. The number of rotatable bonds is 2. The molecule has 3 aliphatic rings. The number of β-amino-alcohol motifs (C(OH)–C–C–N with tert-alkyl or cyclic N) is 1. The molecule has 5 rings (SSSR count). The molecule has 0 spiro atoms. The molecule has 0 bridgehead atoms. The summed E-state index contributed by atoms with van der Waals surface area (Å²) in [4.78, 5) is 10.5. The number of alkyl halides is 2. The van der Waals surface area contributed by atoms with Crippen LogP contribution in [-0.2, 0) is 22.2 Å². The van der Waals surface area contributed by atoms with E-state index in [0.717, 1.165) is 0 Å². The van der Waals surface area contributed by atoms with Gasteiger partial charge in [-0.2, -0.15) is 8.78 Å². The molecular weight excluding hydrogens is 402 g/mol. The Kier molecular flexibility index (Phi) is 3.85. The van der Waals surface area contributed by atoms with Gasteiger partial charge in [0.05, 0.1) is 28.5 Å². The van der Waals surface area contributed by atoms with E-state index in [-0.39, 0.29) is 47.7 Å². The zero-order chi connectivity index (χ0) is 20.7. The van der Waals surface area contributed by atoms with Crippen molar-refractivity contribution in [1.82, 2.24) is 9.97 Å². The molecule has 154 valence electrons. The Bertz CT molecular complexity index is 1140. The van der Waals surface area contributed by atoms with Gasteiger partial charge in [-0.3, -0.25) is 0 Å². The van der Waals surface area contributed by atoms with Gasteiger partial charge in [0.25, 0.3) is 5.92 Å². The van der Waals surface area contributed by atoms with Crippen LogP contribution in [0.3, 0.4) is 0 Å². The smallest absolute Gasteiger partial charge is 0.290 e. The summed E-state index contributed by atoms with van der Waals surface area (Å²) in [7, 11) is -3.52. The van der Waals surface area contributed by atoms with Crippen molar-refractivity contribution >= 4 is 15.8 Å². The number of aromatic nitrogens is 2. The van der Waals surface area contributed by atoms with E-state index in [0.29, 0.717) is 22.4 Å². The number of fused-ring (bicyclic) bond motifs is 2. The molecule has 0 unspecified atom stereocenters. The van der Waals surface area contributed by atoms with Gasteiger partial charge in [0, 0.05) is 30.1 Å². The number of aliphatic hydroxyl groups excluding tert-OH is 1. The highest BCUT2D eigenvalue weighted by Gasteiger charge is 2.45. The molecule has 1 aromatic heterocycles. The number of benzene rings is 1. The van der Waals surface area contributed by atoms with E-state index >= 15 is 0 Å². The highest BCUT2D eigenvalue weighted by atomic mass is 32.2. The van der Waals surface area contributed by atoms with Crippen LogP contribution < -0.4 is 10.6 Å². The van der Waals surface area contributed by atoms with Gasteiger partial charge in [0.1, 0.15) is 5.69 Å². The molecule has 0 saturated carbocycles. The third-order valence-electron chi connectivity index (χ3n) is 6.14. The van der Waals surface area contributed by atoms with Gasteiger partial charge < -0.3 is 15.7 Å². The minimum absolute atomic E-state index is 0.111. The maximum Gasteiger partial charge on any atom is 0.290 e. The van der Waals surface area contributed by atoms with Gasteiger partial charge in [-0.05, 0) is 25.0 Å². The van der Waals surface area contributed by atoms with Crippen LogP contribution in [0.5, 0.6) is 0 Å². The average Bonchev–Trinajstić information content (AvgIpc) is 3.10. The number of hydrogen-bond acceptors (Lipinski definition) is 7. The lowest BCUT2D eigenvalue weighted by atomic mass is 10.0. The van der Waals surface area contributed by atoms with Crippen LogP contribution in [0.15, 0.2) is 23.1 Å². The Labute approximate surface area is 166 Å². The number of anilines is 1. The zero-order valence-corrected chi connectivity index (χ0v) is 16.5. The van der Waals surface area contributed by atoms with E-state index in [1.807, 2.05) is 0 Å². The highest BCUT2D eigenvalue weighted by Crippen LogP contribution is 2.45. The fourth-order valence-corrected chi connectivity index (χ4v) is 6.02. The first-order valence-electron chi connectivity index (χ1n) is 9.45. The normalized spacial score (nSPS) is 28.7. The molecule has 2 aliphatic heterocycles. The first-order valence-corrected chi connectivity index (χ1v) is 11.1. The molecule has 2 aromatic rings. The van der Waals surface area contributed by atoms with E-state index < -0.39 is 27.9 Å². The van der Waals surface area contributed by atoms with Crippen LogP contribution in [0.25, 0.3) is 11.3 Å². The molecule has 1 fully saturated rings. The highest BCUT2D eigenvalue weighted by molar-refractivity contribution is 7.91. The molecule has 10 heteroatoms. The van der Waals surface area contributed by atoms with Gasteiger partial charge in [-0.1, -0.05) is 12.1 Å². The fraction of sp³-hybridized carbons (Fsp3) is 0.474. The first-order chi connectivity index (χ1) is 13.6. The van der Waals surface area contributed by atoms with Crippen LogP contribution in [0.2, 0.25) is 0 Å². The SMILES string of the molecule is C[C@H]1[C@H](O)CN1c1nc(-c2ccc3c(c2)S(=O)(=O)C[C@H]3N)c2c(n1)C(F)(F)CC2. The topological polar surface area (TPSA) is 109 Å². The van der Waals surface area contributed by atoms with Crippen molar-refractivity contribution in [3.63, 3.8) is 0 Å². The van der Waals surface area contributed by atoms with Crippen LogP contribution >= 0.6 is 0 Å². The third-order valence-corrected chi connectivity index (χ3v) is 7.96. The van der Waals surface area contributed by atoms with E-state index in [1.54, 1.807) is 24.0 Å². The predicted octanol–water partition coefficient (Wildman–Crippen LogP) is 1.54. The minimum atomic E-state index is -3.52. The molecule has 0 radical (unpaired) electrons. The quantitative estimate of drug-likeness (QED) is 0.755. The van der Waals surface area contributed by atoms with Crippen molar-refractivity contribution in [2.24, 2.45) is 5.73 Å². The molecule has 29 heavy (non-hydrogen) atoms. The average molecular weight is 422 g/mol. The standard InChI is InChI=1S/C19H20F2N4O3S/c1-9-14(26)7-25(9)18-23-16(12-4-5-19(20,21)17(12)24-18)10-2-3-11-13(22)8-29(27,28)15(11)6-10/h2-3,6,9,13-14,26H,4-5,7-8,22H2,1H3/t9-,13+,14+/m0/s1. The number of sulfone groups is 1. The Morgan fingerprint density at radius 2 is 2.07 bits per heavy atom. The molecule has 1 saturated heterocycles. The van der Waals surface area contributed by atoms with Crippen LogP contribution in [-0.4, -0.2) is 47.9 Å². The second kappa shape index (κ2) is 5.93. The molecule has 3 atom stereocenters. The van der Waals surface area contributed by atoms with Crippen molar-refractivity contribution in [3.05, 3.63) is 35.0 Å². The Morgan fingerprint density at radius 3 is 2.76 bits per heavy atom. The number of halogens is 2. The molecule has 7 nitrogen and oxygen atoms in total. The summed E-state index contributed by atoms with van der Waals surface area (Å²) in [6.07, 6.45) is -0.818. The second-order valence-electron chi connectivity index (χ2n) is 8.00. The van der Waals surface area contributed by atoms with E-state index in [9.17, 15) is 22.3 Å². The summed E-state index contributed by atoms with van der Waals surface area (Å²) >= 11 is 0. The summed E-state index contributed by atoms with van der Waals surface area (Å²) in [6.45, 7) is 2.03. The lowest BCUT2D eigenvalue weighted by Gasteiger charge is -2.43. The van der Waals surface area contributed by atoms with E-state index in [2.05, 4.69) is 9.97 Å². The fourth-order valence-electron chi connectivity index (χ4n) is 4.31. The van der Waals surface area contributed by atoms with Crippen molar-refractivity contribution < 1.29 is 22.3 Å². The van der Waals surface area contributed by atoms with Gasteiger partial charge in [-0.15, -0.1) is 0 Å². The number of nitrogens with zero attached hydrogens (tertiary/aromatic N) is 3. The van der Waals surface area contributed by atoms with Gasteiger partial charge >= 0.3 is 0 Å². The summed E-state index contributed by atoms with van der Waals surface area (Å²) in [6, 6.07) is 3.92. The summed E-state index contributed by atoms with van der Waals surface area (Å²) in [5.41, 5.74) is 7.24. The van der Waals surface area contributed by atoms with Crippen molar-refractivity contribution in [3.8, 4) is 11.3 Å². The van der Waals surface area contributed by atoms with E-state index in [1.165, 1.54) is 6.07 Å². The Balaban J connectivity index is 1.69. The lowest BCUT2D eigenvalue weighted by molar-refractivity contribution is -0.00603.